The minimum Gasteiger partial charge on any atom is -0.354 e. The molecule has 6 nitrogen and oxygen atoms in total. The first kappa shape index (κ1) is 16.9. The number of fused-ring (bicyclic) bond motifs is 1. The number of halogens is 2. The van der Waals surface area contributed by atoms with Crippen molar-refractivity contribution in [2.75, 3.05) is 5.32 Å². The predicted octanol–water partition coefficient (Wildman–Crippen LogP) is 4.15. The molecule has 0 spiro atoms. The number of carbonyl (C=O) groups is 1. The number of alkyl halides is 2. The summed E-state index contributed by atoms with van der Waals surface area (Å²) < 4.78 is 28.1. The van der Waals surface area contributed by atoms with Gasteiger partial charge in [-0.05, 0) is 6.07 Å². The van der Waals surface area contributed by atoms with Crippen molar-refractivity contribution >= 4 is 22.6 Å². The van der Waals surface area contributed by atoms with E-state index in [1.807, 2.05) is 0 Å². The van der Waals surface area contributed by atoms with Gasteiger partial charge in [0, 0.05) is 41.5 Å². The molecule has 0 aliphatic carbocycles. The molecule has 1 aromatic carbocycles. The molecule has 0 aliphatic rings. The van der Waals surface area contributed by atoms with Crippen LogP contribution in [0.1, 0.15) is 22.5 Å². The standard InChI is InChI=1S/C19H15F2N5O/c1-26-10-22-9-16(26)19(27)25-17-7-14-11(8-23-17)6-15(24-14)12-4-2-3-5-13(12)18(20)21/h2-10,18,24H,1H3,(H,23,25,27). The first-order valence-electron chi connectivity index (χ1n) is 8.17. The second kappa shape index (κ2) is 6.64. The van der Waals surface area contributed by atoms with Crippen LogP contribution < -0.4 is 5.32 Å². The lowest BCUT2D eigenvalue weighted by Crippen LogP contribution is -2.16. The Bertz CT molecular complexity index is 1130. The van der Waals surface area contributed by atoms with Gasteiger partial charge >= 0.3 is 0 Å². The quantitative estimate of drug-likeness (QED) is 0.569. The minimum atomic E-state index is -2.57. The van der Waals surface area contributed by atoms with Crippen LogP contribution in [0.2, 0.25) is 0 Å². The Balaban J connectivity index is 1.67. The summed E-state index contributed by atoms with van der Waals surface area (Å²) in [4.78, 5) is 23.5. The molecule has 3 heterocycles. The zero-order valence-electron chi connectivity index (χ0n) is 14.3. The molecule has 0 atom stereocenters. The number of imidazole rings is 1. The molecule has 0 radical (unpaired) electrons. The minimum absolute atomic E-state index is 0.0400. The number of anilines is 1. The summed E-state index contributed by atoms with van der Waals surface area (Å²) in [6.45, 7) is 0. The molecule has 8 heteroatoms. The normalized spacial score (nSPS) is 11.3. The Labute approximate surface area is 152 Å². The lowest BCUT2D eigenvalue weighted by molar-refractivity contribution is 0.101. The van der Waals surface area contributed by atoms with E-state index in [2.05, 4.69) is 20.3 Å². The molecule has 1 amide bonds. The SMILES string of the molecule is Cn1cncc1C(=O)Nc1cc2[nH]c(-c3ccccc3C(F)F)cc2cn1. The molecule has 0 fully saturated rings. The Kier molecular flexibility index (Phi) is 4.15. The molecule has 0 aliphatic heterocycles. The number of aromatic amines is 1. The van der Waals surface area contributed by atoms with E-state index in [0.717, 1.165) is 5.39 Å². The molecular weight excluding hydrogens is 352 g/mol. The fourth-order valence-corrected chi connectivity index (χ4v) is 2.93. The van der Waals surface area contributed by atoms with Crippen molar-refractivity contribution in [1.29, 1.82) is 0 Å². The second-order valence-electron chi connectivity index (χ2n) is 6.07. The Morgan fingerprint density at radius 1 is 1.22 bits per heavy atom. The van der Waals surface area contributed by atoms with Gasteiger partial charge in [-0.15, -0.1) is 0 Å². The summed E-state index contributed by atoms with van der Waals surface area (Å²) in [5.74, 6) is 0.0147. The van der Waals surface area contributed by atoms with E-state index in [0.29, 0.717) is 28.3 Å². The number of pyridine rings is 1. The van der Waals surface area contributed by atoms with E-state index < -0.39 is 6.43 Å². The average molecular weight is 367 g/mol. The molecule has 0 bridgehead atoms. The van der Waals surface area contributed by atoms with E-state index in [1.165, 1.54) is 18.6 Å². The van der Waals surface area contributed by atoms with Gasteiger partial charge in [-0.3, -0.25) is 4.79 Å². The number of rotatable bonds is 4. The molecule has 27 heavy (non-hydrogen) atoms. The number of H-pyrrole nitrogens is 1. The number of hydrogen-bond donors (Lipinski definition) is 2. The van der Waals surface area contributed by atoms with Gasteiger partial charge in [-0.1, -0.05) is 24.3 Å². The highest BCUT2D eigenvalue weighted by molar-refractivity contribution is 6.03. The number of aromatic nitrogens is 4. The third-order valence-electron chi connectivity index (χ3n) is 4.28. The maximum atomic E-state index is 13.3. The van der Waals surface area contributed by atoms with Crippen molar-refractivity contribution in [3.63, 3.8) is 0 Å². The smallest absolute Gasteiger partial charge is 0.275 e. The number of hydrogen-bond acceptors (Lipinski definition) is 3. The van der Waals surface area contributed by atoms with Crippen molar-refractivity contribution in [3.05, 3.63) is 66.4 Å². The Morgan fingerprint density at radius 2 is 2.04 bits per heavy atom. The summed E-state index contributed by atoms with van der Waals surface area (Å²) in [6.07, 6.45) is 2.00. The van der Waals surface area contributed by atoms with Crippen LogP contribution in [-0.2, 0) is 7.05 Å². The zero-order chi connectivity index (χ0) is 19.0. The van der Waals surface area contributed by atoms with Crippen LogP contribution in [0.25, 0.3) is 22.2 Å². The molecule has 2 N–H and O–H groups in total. The molecule has 136 valence electrons. The fourth-order valence-electron chi connectivity index (χ4n) is 2.93. The zero-order valence-corrected chi connectivity index (χ0v) is 14.3. The van der Waals surface area contributed by atoms with Gasteiger partial charge in [0.2, 0.25) is 0 Å². The highest BCUT2D eigenvalue weighted by Gasteiger charge is 2.16. The molecule has 0 saturated carbocycles. The first-order valence-corrected chi connectivity index (χ1v) is 8.17. The summed E-state index contributed by atoms with van der Waals surface area (Å²) in [6, 6.07) is 9.77. The molecule has 4 aromatic rings. The summed E-state index contributed by atoms with van der Waals surface area (Å²) >= 11 is 0. The second-order valence-corrected chi connectivity index (χ2v) is 6.07. The van der Waals surface area contributed by atoms with Crippen LogP contribution in [0.3, 0.4) is 0 Å². The predicted molar refractivity (Wildman–Crippen MR) is 97.6 cm³/mol. The number of carbonyl (C=O) groups excluding carboxylic acids is 1. The number of aryl methyl sites for hydroxylation is 1. The molecule has 0 saturated heterocycles. The van der Waals surface area contributed by atoms with Crippen LogP contribution in [0.5, 0.6) is 0 Å². The maximum absolute atomic E-state index is 13.3. The first-order chi connectivity index (χ1) is 13.0. The van der Waals surface area contributed by atoms with Gasteiger partial charge < -0.3 is 14.9 Å². The van der Waals surface area contributed by atoms with Crippen LogP contribution in [0, 0.1) is 0 Å². The molecule has 0 unspecified atom stereocenters. The van der Waals surface area contributed by atoms with Gasteiger partial charge in [0.25, 0.3) is 12.3 Å². The van der Waals surface area contributed by atoms with Gasteiger partial charge in [0.05, 0.1) is 18.0 Å². The number of benzene rings is 1. The lowest BCUT2D eigenvalue weighted by Gasteiger charge is -2.06. The highest BCUT2D eigenvalue weighted by Crippen LogP contribution is 2.32. The Morgan fingerprint density at radius 3 is 2.78 bits per heavy atom. The van der Waals surface area contributed by atoms with Crippen LogP contribution >= 0.6 is 0 Å². The molecule has 3 aromatic heterocycles. The van der Waals surface area contributed by atoms with Gasteiger partial charge in [0.15, 0.2) is 0 Å². The average Bonchev–Trinajstić information content (AvgIpc) is 3.27. The van der Waals surface area contributed by atoms with Crippen molar-refractivity contribution < 1.29 is 13.6 Å². The van der Waals surface area contributed by atoms with Gasteiger partial charge in [-0.2, -0.15) is 0 Å². The number of nitrogens with zero attached hydrogens (tertiary/aromatic N) is 3. The molecule has 4 rings (SSSR count). The molecular formula is C19H15F2N5O. The van der Waals surface area contributed by atoms with E-state index >= 15 is 0 Å². The van der Waals surface area contributed by atoms with Crippen LogP contribution in [0.4, 0.5) is 14.6 Å². The number of nitrogens with one attached hydrogen (secondary N) is 2. The fraction of sp³-hybridized carbons (Fsp3) is 0.105. The van der Waals surface area contributed by atoms with Crippen LogP contribution in [-0.4, -0.2) is 25.4 Å². The Hall–Kier alpha value is -3.55. The third-order valence-corrected chi connectivity index (χ3v) is 4.28. The van der Waals surface area contributed by atoms with Crippen LogP contribution in [0.15, 0.2) is 55.1 Å². The van der Waals surface area contributed by atoms with Gasteiger partial charge in [0.1, 0.15) is 11.5 Å². The van der Waals surface area contributed by atoms with Crippen molar-refractivity contribution in [2.45, 2.75) is 6.43 Å². The maximum Gasteiger partial charge on any atom is 0.275 e. The summed E-state index contributed by atoms with van der Waals surface area (Å²) in [5.41, 5.74) is 2.04. The monoisotopic (exact) mass is 367 g/mol. The number of amides is 1. The third kappa shape index (κ3) is 3.17. The summed E-state index contributed by atoms with van der Waals surface area (Å²) in [7, 11) is 1.72. The largest absolute Gasteiger partial charge is 0.354 e. The van der Waals surface area contributed by atoms with Crippen molar-refractivity contribution in [1.82, 2.24) is 19.5 Å². The van der Waals surface area contributed by atoms with Crippen molar-refractivity contribution in [2.24, 2.45) is 7.05 Å². The van der Waals surface area contributed by atoms with Gasteiger partial charge in [-0.25, -0.2) is 18.7 Å². The van der Waals surface area contributed by atoms with Crippen molar-refractivity contribution in [3.8, 4) is 11.3 Å². The highest BCUT2D eigenvalue weighted by atomic mass is 19.3. The van der Waals surface area contributed by atoms with E-state index in [4.69, 9.17) is 0 Å². The topological polar surface area (TPSA) is 75.6 Å². The van der Waals surface area contributed by atoms with E-state index in [9.17, 15) is 13.6 Å². The van der Waals surface area contributed by atoms with E-state index in [1.54, 1.807) is 48.1 Å². The van der Waals surface area contributed by atoms with E-state index in [-0.39, 0.29) is 11.5 Å². The lowest BCUT2D eigenvalue weighted by atomic mass is 10.1. The summed E-state index contributed by atoms with van der Waals surface area (Å²) in [5, 5.41) is 3.46.